The van der Waals surface area contributed by atoms with Crippen LogP contribution >= 0.6 is 0 Å². The minimum absolute atomic E-state index is 0.160. The van der Waals surface area contributed by atoms with Crippen LogP contribution in [0, 0.1) is 0 Å². The number of amides is 1. The van der Waals surface area contributed by atoms with Gasteiger partial charge in [-0.3, -0.25) is 4.79 Å². The lowest BCUT2D eigenvalue weighted by Gasteiger charge is -2.37. The SMILES string of the molecule is Cn1cccc1[C@@H]1CCCCN1C(=O)[C@H]1COc2ccccc21. The minimum atomic E-state index is -0.160. The Bertz CT molecular complexity index is 722. The van der Waals surface area contributed by atoms with Crippen LogP contribution in [0.5, 0.6) is 5.75 Å². The van der Waals surface area contributed by atoms with Crippen molar-refractivity contribution >= 4 is 5.91 Å². The summed E-state index contributed by atoms with van der Waals surface area (Å²) in [7, 11) is 2.06. The number of para-hydroxylation sites is 1. The molecule has 2 aromatic rings. The number of ether oxygens (including phenoxy) is 1. The third kappa shape index (κ3) is 2.42. The third-order valence-corrected chi connectivity index (χ3v) is 5.11. The number of hydrogen-bond acceptors (Lipinski definition) is 2. The summed E-state index contributed by atoms with van der Waals surface area (Å²) in [6.07, 6.45) is 5.36. The van der Waals surface area contributed by atoms with Crippen LogP contribution in [0.3, 0.4) is 0 Å². The average molecular weight is 310 g/mol. The predicted octanol–water partition coefficient (Wildman–Crippen LogP) is 3.25. The molecule has 2 atom stereocenters. The number of fused-ring (bicyclic) bond motifs is 1. The van der Waals surface area contributed by atoms with E-state index in [4.69, 9.17) is 4.74 Å². The van der Waals surface area contributed by atoms with Crippen molar-refractivity contribution < 1.29 is 9.53 Å². The maximum Gasteiger partial charge on any atom is 0.234 e. The zero-order chi connectivity index (χ0) is 15.8. The van der Waals surface area contributed by atoms with Gasteiger partial charge in [0.2, 0.25) is 5.91 Å². The summed E-state index contributed by atoms with van der Waals surface area (Å²) < 4.78 is 7.85. The summed E-state index contributed by atoms with van der Waals surface area (Å²) in [6.45, 7) is 1.31. The molecule has 2 aliphatic heterocycles. The largest absolute Gasteiger partial charge is 0.492 e. The number of piperidine rings is 1. The van der Waals surface area contributed by atoms with Crippen LogP contribution in [0.25, 0.3) is 0 Å². The first-order chi connectivity index (χ1) is 11.3. The van der Waals surface area contributed by atoms with E-state index in [9.17, 15) is 4.79 Å². The first-order valence-corrected chi connectivity index (χ1v) is 8.39. The number of carbonyl (C=O) groups excluding carboxylic acids is 1. The molecule has 120 valence electrons. The molecule has 2 aliphatic rings. The van der Waals surface area contributed by atoms with Crippen molar-refractivity contribution in [3.05, 3.63) is 53.9 Å². The first-order valence-electron chi connectivity index (χ1n) is 8.39. The lowest BCUT2D eigenvalue weighted by atomic mass is 9.94. The Kier molecular flexibility index (Phi) is 3.60. The zero-order valence-electron chi connectivity index (χ0n) is 13.4. The second kappa shape index (κ2) is 5.76. The molecule has 1 aromatic heterocycles. The summed E-state index contributed by atoms with van der Waals surface area (Å²) in [5, 5.41) is 0. The van der Waals surface area contributed by atoms with Gasteiger partial charge in [0.05, 0.1) is 6.04 Å². The van der Waals surface area contributed by atoms with Gasteiger partial charge < -0.3 is 14.2 Å². The molecule has 0 saturated carbocycles. The van der Waals surface area contributed by atoms with Crippen molar-refractivity contribution in [2.75, 3.05) is 13.2 Å². The number of hydrogen-bond donors (Lipinski definition) is 0. The van der Waals surface area contributed by atoms with E-state index in [-0.39, 0.29) is 17.9 Å². The number of aromatic nitrogens is 1. The van der Waals surface area contributed by atoms with Gasteiger partial charge in [-0.05, 0) is 37.5 Å². The molecular formula is C19H22N2O2. The van der Waals surface area contributed by atoms with Crippen molar-refractivity contribution in [2.24, 2.45) is 7.05 Å². The molecule has 4 heteroatoms. The fourth-order valence-electron chi connectivity index (χ4n) is 3.89. The summed E-state index contributed by atoms with van der Waals surface area (Å²) in [4.78, 5) is 15.3. The van der Waals surface area contributed by atoms with E-state index in [2.05, 4.69) is 34.8 Å². The maximum absolute atomic E-state index is 13.2. The molecular weight excluding hydrogens is 288 g/mol. The molecule has 1 fully saturated rings. The third-order valence-electron chi connectivity index (χ3n) is 5.11. The van der Waals surface area contributed by atoms with Gasteiger partial charge in [-0.15, -0.1) is 0 Å². The molecule has 1 aromatic carbocycles. The highest BCUT2D eigenvalue weighted by Crippen LogP contribution is 2.38. The molecule has 0 bridgehead atoms. The van der Waals surface area contributed by atoms with Gasteiger partial charge >= 0.3 is 0 Å². The molecule has 0 unspecified atom stereocenters. The molecule has 1 saturated heterocycles. The number of nitrogens with zero attached hydrogens (tertiary/aromatic N) is 2. The number of likely N-dealkylation sites (tertiary alicyclic amines) is 1. The molecule has 1 amide bonds. The highest BCUT2D eigenvalue weighted by atomic mass is 16.5. The second-order valence-electron chi connectivity index (χ2n) is 6.49. The average Bonchev–Trinajstić information content (AvgIpc) is 3.20. The van der Waals surface area contributed by atoms with Crippen molar-refractivity contribution in [3.8, 4) is 5.75 Å². The monoisotopic (exact) mass is 310 g/mol. The van der Waals surface area contributed by atoms with Gasteiger partial charge in [0.25, 0.3) is 0 Å². The molecule has 0 spiro atoms. The van der Waals surface area contributed by atoms with Crippen molar-refractivity contribution in [1.29, 1.82) is 0 Å². The fraction of sp³-hybridized carbons (Fsp3) is 0.421. The Hall–Kier alpha value is -2.23. The highest BCUT2D eigenvalue weighted by molar-refractivity contribution is 5.86. The van der Waals surface area contributed by atoms with E-state index in [1.54, 1.807) is 0 Å². The quantitative estimate of drug-likeness (QED) is 0.853. The van der Waals surface area contributed by atoms with Crippen molar-refractivity contribution in [2.45, 2.75) is 31.2 Å². The summed E-state index contributed by atoms with van der Waals surface area (Å²) in [5.74, 6) is 0.909. The van der Waals surface area contributed by atoms with Crippen LogP contribution in [0.4, 0.5) is 0 Å². The van der Waals surface area contributed by atoms with Gasteiger partial charge in [-0.1, -0.05) is 18.2 Å². The van der Waals surface area contributed by atoms with Crippen LogP contribution < -0.4 is 4.74 Å². The summed E-state index contributed by atoms with van der Waals surface area (Å²) >= 11 is 0. The van der Waals surface area contributed by atoms with Crippen LogP contribution in [0.15, 0.2) is 42.6 Å². The Morgan fingerprint density at radius 1 is 1.17 bits per heavy atom. The molecule has 0 aliphatic carbocycles. The van der Waals surface area contributed by atoms with Gasteiger partial charge in [0.15, 0.2) is 0 Å². The molecule has 4 rings (SSSR count). The minimum Gasteiger partial charge on any atom is -0.492 e. The van der Waals surface area contributed by atoms with Crippen LogP contribution in [0.2, 0.25) is 0 Å². The lowest BCUT2D eigenvalue weighted by Crippen LogP contribution is -2.42. The second-order valence-corrected chi connectivity index (χ2v) is 6.49. The van der Waals surface area contributed by atoms with Crippen LogP contribution in [-0.4, -0.2) is 28.5 Å². The Morgan fingerprint density at radius 2 is 2.04 bits per heavy atom. The normalized spacial score (nSPS) is 23.4. The maximum atomic E-state index is 13.2. The zero-order valence-corrected chi connectivity index (χ0v) is 13.4. The standard InChI is InChI=1S/C19H22N2O2/c1-20-11-6-9-16(20)17-8-4-5-12-21(17)19(22)15-13-23-18-10-3-2-7-14(15)18/h2-3,6-7,9-11,15,17H,4-5,8,12-13H2,1H3/t15-,17-/m0/s1. The lowest BCUT2D eigenvalue weighted by molar-refractivity contribution is -0.137. The van der Waals surface area contributed by atoms with E-state index in [1.165, 1.54) is 12.1 Å². The number of benzene rings is 1. The molecule has 3 heterocycles. The Balaban J connectivity index is 1.63. The first kappa shape index (κ1) is 14.4. The molecule has 0 radical (unpaired) electrons. The molecule has 0 N–H and O–H groups in total. The number of aryl methyl sites for hydroxylation is 1. The van der Waals surface area contributed by atoms with Gasteiger partial charge in [0.1, 0.15) is 18.3 Å². The van der Waals surface area contributed by atoms with Gasteiger partial charge in [-0.25, -0.2) is 0 Å². The van der Waals surface area contributed by atoms with E-state index in [0.717, 1.165) is 30.7 Å². The van der Waals surface area contributed by atoms with Gasteiger partial charge in [-0.2, -0.15) is 0 Å². The summed E-state index contributed by atoms with van der Waals surface area (Å²) in [5.41, 5.74) is 2.26. The Labute approximate surface area is 136 Å². The van der Waals surface area contributed by atoms with Crippen molar-refractivity contribution in [1.82, 2.24) is 9.47 Å². The highest BCUT2D eigenvalue weighted by Gasteiger charge is 2.37. The Morgan fingerprint density at radius 3 is 2.87 bits per heavy atom. The van der Waals surface area contributed by atoms with E-state index >= 15 is 0 Å². The fourth-order valence-corrected chi connectivity index (χ4v) is 3.89. The van der Waals surface area contributed by atoms with Gasteiger partial charge in [0, 0.05) is 31.0 Å². The van der Waals surface area contributed by atoms with E-state index in [0.29, 0.717) is 6.61 Å². The van der Waals surface area contributed by atoms with E-state index in [1.807, 2.05) is 24.3 Å². The number of carbonyl (C=O) groups is 1. The topological polar surface area (TPSA) is 34.5 Å². The van der Waals surface area contributed by atoms with Crippen LogP contribution in [-0.2, 0) is 11.8 Å². The molecule has 4 nitrogen and oxygen atoms in total. The van der Waals surface area contributed by atoms with Crippen molar-refractivity contribution in [3.63, 3.8) is 0 Å². The molecule has 23 heavy (non-hydrogen) atoms. The van der Waals surface area contributed by atoms with Crippen LogP contribution in [0.1, 0.15) is 42.5 Å². The smallest absolute Gasteiger partial charge is 0.234 e. The summed E-state index contributed by atoms with van der Waals surface area (Å²) in [6, 6.07) is 12.3. The predicted molar refractivity (Wildman–Crippen MR) is 88.4 cm³/mol. The number of rotatable bonds is 2. The van der Waals surface area contributed by atoms with E-state index < -0.39 is 0 Å².